The Morgan fingerprint density at radius 1 is 1.18 bits per heavy atom. The van der Waals surface area contributed by atoms with Crippen molar-refractivity contribution in [1.29, 1.82) is 0 Å². The van der Waals surface area contributed by atoms with Gasteiger partial charge in [0.2, 0.25) is 10.0 Å². The molecule has 0 aliphatic carbocycles. The summed E-state index contributed by atoms with van der Waals surface area (Å²) in [5.41, 5.74) is 0.390. The Bertz CT molecular complexity index is 846. The Morgan fingerprint density at radius 2 is 1.82 bits per heavy atom. The minimum atomic E-state index is -3.68. The zero-order chi connectivity index (χ0) is 20.3. The smallest absolute Gasteiger partial charge is 0.253 e. The fourth-order valence-electron chi connectivity index (χ4n) is 3.69. The molecular weight excluding hydrogens is 378 g/mol. The number of benzene rings is 1. The van der Waals surface area contributed by atoms with Crippen molar-refractivity contribution in [2.45, 2.75) is 31.0 Å². The normalized spacial score (nSPS) is 24.7. The lowest BCUT2D eigenvalue weighted by atomic mass is 10.2. The number of ether oxygens (including phenoxy) is 1. The van der Waals surface area contributed by atoms with Gasteiger partial charge in [0, 0.05) is 44.8 Å². The van der Waals surface area contributed by atoms with Crippen LogP contribution in [0.1, 0.15) is 24.2 Å². The van der Waals surface area contributed by atoms with Gasteiger partial charge in [-0.2, -0.15) is 4.31 Å². The van der Waals surface area contributed by atoms with Gasteiger partial charge in [0.15, 0.2) is 0 Å². The van der Waals surface area contributed by atoms with E-state index < -0.39 is 10.0 Å². The quantitative estimate of drug-likeness (QED) is 0.696. The van der Waals surface area contributed by atoms with Gasteiger partial charge >= 0.3 is 0 Å². The molecule has 0 spiro atoms. The third-order valence-corrected chi connectivity index (χ3v) is 6.91. The molecule has 2 atom stereocenters. The van der Waals surface area contributed by atoms with Crippen LogP contribution in [0.15, 0.2) is 29.2 Å². The van der Waals surface area contributed by atoms with Gasteiger partial charge in [0.1, 0.15) is 0 Å². The molecule has 0 bridgehead atoms. The van der Waals surface area contributed by atoms with E-state index in [0.29, 0.717) is 38.3 Å². The fourth-order valence-corrected chi connectivity index (χ4v) is 5.32. The number of hydrogen-bond acceptors (Lipinski definition) is 5. The fraction of sp³-hybridized carbons (Fsp3) is 0.550. The molecule has 3 rings (SSSR count). The molecule has 0 unspecified atom stereocenters. The Labute approximate surface area is 167 Å². The van der Waals surface area contributed by atoms with Crippen LogP contribution in [0.25, 0.3) is 0 Å². The van der Waals surface area contributed by atoms with Gasteiger partial charge in [0.05, 0.1) is 23.6 Å². The number of rotatable bonds is 4. The maximum atomic E-state index is 13.1. The summed E-state index contributed by atoms with van der Waals surface area (Å²) < 4.78 is 33.2. The van der Waals surface area contributed by atoms with E-state index in [1.165, 1.54) is 10.4 Å². The van der Waals surface area contributed by atoms with Crippen LogP contribution in [-0.4, -0.2) is 86.5 Å². The average Bonchev–Trinajstić information content (AvgIpc) is 2.67. The molecule has 2 heterocycles. The average molecular weight is 406 g/mol. The predicted molar refractivity (Wildman–Crippen MR) is 106 cm³/mol. The molecule has 2 aliphatic heterocycles. The molecule has 2 aliphatic rings. The lowest BCUT2D eigenvalue weighted by molar-refractivity contribution is -0.0440. The SMILES string of the molecule is C#CCN1CCN(C(=O)c2cccc(S(=O)(=O)N3C[C@@H](C)O[C@H](C)C3)c2)CC1. The molecule has 2 saturated heterocycles. The second kappa shape index (κ2) is 8.62. The Balaban J connectivity index is 1.75. The summed E-state index contributed by atoms with van der Waals surface area (Å²) in [6.45, 7) is 7.51. The number of carbonyl (C=O) groups is 1. The van der Waals surface area contributed by atoms with Crippen LogP contribution in [0.4, 0.5) is 0 Å². The molecule has 1 aromatic rings. The number of morpholine rings is 1. The van der Waals surface area contributed by atoms with Crippen LogP contribution in [0.2, 0.25) is 0 Å². The van der Waals surface area contributed by atoms with Crippen molar-refractivity contribution in [1.82, 2.24) is 14.1 Å². The molecule has 28 heavy (non-hydrogen) atoms. The predicted octanol–water partition coefficient (Wildman–Crippen LogP) is 0.876. The van der Waals surface area contributed by atoms with Crippen molar-refractivity contribution < 1.29 is 17.9 Å². The van der Waals surface area contributed by atoms with E-state index in [2.05, 4.69) is 10.8 Å². The van der Waals surface area contributed by atoms with Crippen molar-refractivity contribution in [3.8, 4) is 12.3 Å². The van der Waals surface area contributed by atoms with Gasteiger partial charge in [-0.3, -0.25) is 9.69 Å². The summed E-state index contributed by atoms with van der Waals surface area (Å²) >= 11 is 0. The number of carbonyl (C=O) groups excluding carboxylic acids is 1. The second-order valence-corrected chi connectivity index (χ2v) is 9.32. The molecule has 7 nitrogen and oxygen atoms in total. The van der Waals surface area contributed by atoms with E-state index in [4.69, 9.17) is 11.2 Å². The summed E-state index contributed by atoms with van der Waals surface area (Å²) in [6.07, 6.45) is 5.01. The van der Waals surface area contributed by atoms with Gasteiger partial charge in [-0.05, 0) is 32.0 Å². The molecule has 1 aromatic carbocycles. The molecule has 0 N–H and O–H groups in total. The van der Waals surface area contributed by atoms with Crippen molar-refractivity contribution in [3.05, 3.63) is 29.8 Å². The van der Waals surface area contributed by atoms with Crippen LogP contribution in [-0.2, 0) is 14.8 Å². The highest BCUT2D eigenvalue weighted by atomic mass is 32.2. The molecule has 152 valence electrons. The number of nitrogens with zero attached hydrogens (tertiary/aromatic N) is 3. The summed E-state index contributed by atoms with van der Waals surface area (Å²) in [6, 6.07) is 6.32. The van der Waals surface area contributed by atoms with Gasteiger partial charge in [0.25, 0.3) is 5.91 Å². The highest BCUT2D eigenvalue weighted by molar-refractivity contribution is 7.89. The molecule has 0 aromatic heterocycles. The number of sulfonamides is 1. The minimum absolute atomic E-state index is 0.144. The lowest BCUT2D eigenvalue weighted by Gasteiger charge is -2.35. The first-order valence-corrected chi connectivity index (χ1v) is 11.0. The monoisotopic (exact) mass is 405 g/mol. The lowest BCUT2D eigenvalue weighted by Crippen LogP contribution is -2.49. The maximum Gasteiger partial charge on any atom is 0.253 e. The van der Waals surface area contributed by atoms with Crippen LogP contribution in [0, 0.1) is 12.3 Å². The Hall–Kier alpha value is -1.92. The zero-order valence-electron chi connectivity index (χ0n) is 16.4. The molecule has 8 heteroatoms. The topological polar surface area (TPSA) is 70.2 Å². The number of terminal acetylenes is 1. The first kappa shape index (κ1) is 20.8. The standard InChI is InChI=1S/C20H27N3O4S/c1-4-8-21-9-11-22(12-10-21)20(24)18-6-5-7-19(13-18)28(25,26)23-14-16(2)27-17(3)15-23/h1,5-7,13,16-17H,8-12,14-15H2,2-3H3/t16-,17-/m1/s1. The van der Waals surface area contributed by atoms with Gasteiger partial charge in [-0.1, -0.05) is 12.0 Å². The molecule has 2 fully saturated rings. The summed E-state index contributed by atoms with van der Waals surface area (Å²) in [5.74, 6) is 2.47. The number of piperazine rings is 1. The number of amides is 1. The summed E-state index contributed by atoms with van der Waals surface area (Å²) in [5, 5.41) is 0. The van der Waals surface area contributed by atoms with Crippen molar-refractivity contribution in [2.24, 2.45) is 0 Å². The van der Waals surface area contributed by atoms with Gasteiger partial charge in [-0.15, -0.1) is 6.42 Å². The van der Waals surface area contributed by atoms with Crippen LogP contribution >= 0.6 is 0 Å². The van der Waals surface area contributed by atoms with E-state index in [0.717, 1.165) is 13.1 Å². The third kappa shape index (κ3) is 4.55. The van der Waals surface area contributed by atoms with E-state index >= 15 is 0 Å². The minimum Gasteiger partial charge on any atom is -0.373 e. The van der Waals surface area contributed by atoms with E-state index in [1.54, 1.807) is 23.1 Å². The summed E-state index contributed by atoms with van der Waals surface area (Å²) in [7, 11) is -3.68. The maximum absolute atomic E-state index is 13.1. The van der Waals surface area contributed by atoms with Crippen molar-refractivity contribution in [2.75, 3.05) is 45.8 Å². The van der Waals surface area contributed by atoms with E-state index in [9.17, 15) is 13.2 Å². The third-order valence-electron chi connectivity index (χ3n) is 5.08. The second-order valence-electron chi connectivity index (χ2n) is 7.38. The first-order valence-electron chi connectivity index (χ1n) is 9.52. The molecule has 1 amide bonds. The Morgan fingerprint density at radius 3 is 2.43 bits per heavy atom. The van der Waals surface area contributed by atoms with Crippen LogP contribution < -0.4 is 0 Å². The van der Waals surface area contributed by atoms with Crippen LogP contribution in [0.5, 0.6) is 0 Å². The highest BCUT2D eigenvalue weighted by Gasteiger charge is 2.32. The molecular formula is C20H27N3O4S. The molecule has 0 saturated carbocycles. The van der Waals surface area contributed by atoms with Crippen molar-refractivity contribution in [3.63, 3.8) is 0 Å². The summed E-state index contributed by atoms with van der Waals surface area (Å²) in [4.78, 5) is 16.9. The van der Waals surface area contributed by atoms with E-state index in [-0.39, 0.29) is 23.0 Å². The zero-order valence-corrected chi connectivity index (χ0v) is 17.2. The Kier molecular flexibility index (Phi) is 6.40. The largest absolute Gasteiger partial charge is 0.373 e. The van der Waals surface area contributed by atoms with E-state index in [1.807, 2.05) is 13.8 Å². The van der Waals surface area contributed by atoms with Crippen molar-refractivity contribution >= 4 is 15.9 Å². The first-order chi connectivity index (χ1) is 13.3. The molecule has 0 radical (unpaired) electrons. The number of hydrogen-bond donors (Lipinski definition) is 0. The highest BCUT2D eigenvalue weighted by Crippen LogP contribution is 2.22. The van der Waals surface area contributed by atoms with Crippen LogP contribution in [0.3, 0.4) is 0 Å². The van der Waals surface area contributed by atoms with Gasteiger partial charge < -0.3 is 9.64 Å². The van der Waals surface area contributed by atoms with Gasteiger partial charge in [-0.25, -0.2) is 8.42 Å².